The van der Waals surface area contributed by atoms with E-state index in [-0.39, 0.29) is 11.4 Å². The van der Waals surface area contributed by atoms with Crippen LogP contribution in [0.2, 0.25) is 0 Å². The maximum atomic E-state index is 13.0. The Balaban J connectivity index is 2.16. The summed E-state index contributed by atoms with van der Waals surface area (Å²) in [5.74, 6) is -0.638. The van der Waals surface area contributed by atoms with Crippen LogP contribution in [0.3, 0.4) is 0 Å². The Hall–Kier alpha value is -2.98. The molecule has 0 saturated carbocycles. The number of aromatic nitrogens is 5. The Morgan fingerprint density at radius 2 is 1.88 bits per heavy atom. The van der Waals surface area contributed by atoms with Gasteiger partial charge >= 0.3 is 0 Å². The second-order valence-corrected chi connectivity index (χ2v) is 11.6. The molecule has 2 aromatic carbocycles. The number of nitrogens with one attached hydrogen (secondary N) is 1. The number of anilines is 1. The van der Waals surface area contributed by atoms with Crippen molar-refractivity contribution in [3.05, 3.63) is 30.3 Å². The van der Waals surface area contributed by atoms with Gasteiger partial charge in [-0.3, -0.25) is 0 Å². The number of hydrogen-bond acceptors (Lipinski definition) is 11. The third-order valence-electron chi connectivity index (χ3n) is 4.52. The Kier molecular flexibility index (Phi) is 5.46. The molecule has 2 heterocycles. The fourth-order valence-corrected chi connectivity index (χ4v) is 7.28. The van der Waals surface area contributed by atoms with E-state index in [9.17, 15) is 16.8 Å². The lowest BCUT2D eigenvalue weighted by molar-refractivity contribution is 0.580. The average Bonchev–Trinajstić information content (AvgIpc) is 3.33. The van der Waals surface area contributed by atoms with Gasteiger partial charge in [0.25, 0.3) is 0 Å². The first-order chi connectivity index (χ1) is 15.0. The van der Waals surface area contributed by atoms with Gasteiger partial charge in [0.1, 0.15) is 4.90 Å². The van der Waals surface area contributed by atoms with Crippen LogP contribution in [0.25, 0.3) is 32.7 Å². The third-order valence-corrected chi connectivity index (χ3v) is 8.47. The van der Waals surface area contributed by atoms with E-state index in [2.05, 4.69) is 25.6 Å². The van der Waals surface area contributed by atoms with E-state index < -0.39 is 41.4 Å². The minimum atomic E-state index is -4.57. The number of fused-ring (bicyclic) bond motifs is 1. The van der Waals surface area contributed by atoms with Crippen molar-refractivity contribution in [2.24, 2.45) is 10.9 Å². The number of hydrogen-bond donors (Lipinski definition) is 4. The molecule has 0 unspecified atom stereocenters. The molecule has 0 spiro atoms. The number of benzene rings is 2. The molecule has 4 rings (SSSR count). The quantitative estimate of drug-likeness (QED) is 0.291. The summed E-state index contributed by atoms with van der Waals surface area (Å²) in [6.45, 7) is 1.50. The SMILES string of the molecule is C[C@@H](N)CS(=O)(=O)c1ccc(-c2cccc3sc(N)nc23)c(-c2nn[nH]n2)c1S(N)(=O)=O. The maximum Gasteiger partial charge on any atom is 0.240 e. The van der Waals surface area contributed by atoms with E-state index in [1.54, 1.807) is 12.1 Å². The summed E-state index contributed by atoms with van der Waals surface area (Å²) >= 11 is 1.25. The van der Waals surface area contributed by atoms with E-state index in [0.717, 1.165) is 4.70 Å². The summed E-state index contributed by atoms with van der Waals surface area (Å²) in [6, 6.07) is 7.15. The summed E-state index contributed by atoms with van der Waals surface area (Å²) in [6.07, 6.45) is 0. The molecular weight excluding hydrogens is 476 g/mol. The van der Waals surface area contributed by atoms with E-state index >= 15 is 0 Å². The zero-order valence-corrected chi connectivity index (χ0v) is 19.0. The Labute approximate surface area is 186 Å². The van der Waals surface area contributed by atoms with Crippen molar-refractivity contribution in [2.75, 3.05) is 11.5 Å². The van der Waals surface area contributed by atoms with Gasteiger partial charge in [0, 0.05) is 11.6 Å². The lowest BCUT2D eigenvalue weighted by atomic mass is 9.98. The van der Waals surface area contributed by atoms with Crippen LogP contribution in [-0.2, 0) is 19.9 Å². The minimum Gasteiger partial charge on any atom is -0.375 e. The number of aromatic amines is 1. The number of para-hydroxylation sites is 1. The minimum absolute atomic E-state index is 0.119. The van der Waals surface area contributed by atoms with Crippen molar-refractivity contribution in [3.63, 3.8) is 0 Å². The number of primary sulfonamides is 1. The molecule has 0 bridgehead atoms. The standard InChI is InChI=1S/C17H18N8O4S3/c1-8(18)7-31(26,27)12-6-5-9(10-3-2-4-11-14(10)21-17(19)30-11)13(15(12)32(20,28)29)16-22-24-25-23-16/h2-6,8H,7,18H2,1H3,(H2,19,21)(H2,20,28,29)(H,22,23,24,25)/t8-/m1/s1. The lowest BCUT2D eigenvalue weighted by Gasteiger charge is -2.17. The van der Waals surface area contributed by atoms with Crippen LogP contribution < -0.4 is 16.6 Å². The van der Waals surface area contributed by atoms with Crippen LogP contribution in [0, 0.1) is 0 Å². The van der Waals surface area contributed by atoms with Gasteiger partial charge in [0.2, 0.25) is 15.8 Å². The number of nitrogens with two attached hydrogens (primary N) is 3. The lowest BCUT2D eigenvalue weighted by Crippen LogP contribution is -2.28. The molecule has 168 valence electrons. The number of thiazole rings is 1. The van der Waals surface area contributed by atoms with Gasteiger partial charge in [-0.05, 0) is 29.8 Å². The van der Waals surface area contributed by atoms with Gasteiger partial charge < -0.3 is 11.5 Å². The molecule has 12 nitrogen and oxygen atoms in total. The van der Waals surface area contributed by atoms with E-state index in [1.165, 1.54) is 30.4 Å². The molecule has 0 fully saturated rings. The largest absolute Gasteiger partial charge is 0.375 e. The fraction of sp³-hybridized carbons (Fsp3) is 0.176. The molecule has 1 atom stereocenters. The number of sulfonamides is 1. The average molecular weight is 495 g/mol. The molecule has 0 aliphatic rings. The highest BCUT2D eigenvalue weighted by molar-refractivity contribution is 7.93. The number of nitrogens with zero attached hydrogens (tertiary/aromatic N) is 4. The van der Waals surface area contributed by atoms with Crippen LogP contribution in [0.15, 0.2) is 40.1 Å². The van der Waals surface area contributed by atoms with Crippen LogP contribution in [-0.4, -0.2) is 54.2 Å². The van der Waals surface area contributed by atoms with Crippen molar-refractivity contribution in [3.8, 4) is 22.5 Å². The normalized spacial score (nSPS) is 13.5. The molecule has 0 saturated heterocycles. The van der Waals surface area contributed by atoms with Gasteiger partial charge in [0.05, 0.1) is 26.4 Å². The van der Waals surface area contributed by atoms with Gasteiger partial charge in [-0.25, -0.2) is 27.0 Å². The zero-order chi connectivity index (χ0) is 23.3. The van der Waals surface area contributed by atoms with Gasteiger partial charge in [-0.2, -0.15) is 5.21 Å². The summed E-state index contributed by atoms with van der Waals surface area (Å²) in [7, 11) is -8.70. The van der Waals surface area contributed by atoms with Crippen LogP contribution in [0.5, 0.6) is 0 Å². The second kappa shape index (κ2) is 7.86. The molecule has 0 aliphatic carbocycles. The smallest absolute Gasteiger partial charge is 0.240 e. The fourth-order valence-electron chi connectivity index (χ4n) is 3.42. The molecule has 15 heteroatoms. The Bertz CT molecular complexity index is 1530. The molecular formula is C17H18N8O4S3. The summed E-state index contributed by atoms with van der Waals surface area (Å²) < 4.78 is 52.2. The highest BCUT2D eigenvalue weighted by atomic mass is 32.2. The predicted octanol–water partition coefficient (Wildman–Crippen LogP) is 0.494. The second-order valence-electron chi connectivity index (χ2n) is 7.06. The summed E-state index contributed by atoms with van der Waals surface area (Å²) in [5.41, 5.74) is 12.7. The monoisotopic (exact) mass is 494 g/mol. The molecule has 0 radical (unpaired) electrons. The number of nitrogen functional groups attached to an aromatic ring is 1. The molecule has 32 heavy (non-hydrogen) atoms. The van der Waals surface area contributed by atoms with Gasteiger partial charge in [0.15, 0.2) is 15.0 Å². The summed E-state index contributed by atoms with van der Waals surface area (Å²) in [5, 5.41) is 19.3. The number of rotatable bonds is 6. The van der Waals surface area contributed by atoms with Crippen molar-refractivity contribution in [1.82, 2.24) is 25.6 Å². The number of sulfone groups is 1. The van der Waals surface area contributed by atoms with Crippen molar-refractivity contribution in [1.29, 1.82) is 0 Å². The molecule has 2 aromatic heterocycles. The first kappa shape index (κ1) is 22.2. The van der Waals surface area contributed by atoms with E-state index in [0.29, 0.717) is 21.8 Å². The van der Waals surface area contributed by atoms with Crippen LogP contribution in [0.1, 0.15) is 6.92 Å². The number of tetrazole rings is 1. The van der Waals surface area contributed by atoms with E-state index in [4.69, 9.17) is 16.6 Å². The Morgan fingerprint density at radius 3 is 2.50 bits per heavy atom. The first-order valence-electron chi connectivity index (χ1n) is 9.06. The molecule has 0 amide bonds. The van der Waals surface area contributed by atoms with Gasteiger partial charge in [-0.1, -0.05) is 29.5 Å². The van der Waals surface area contributed by atoms with Gasteiger partial charge in [-0.15, -0.1) is 10.2 Å². The topological polar surface area (TPSA) is 214 Å². The van der Waals surface area contributed by atoms with Crippen molar-refractivity contribution >= 4 is 46.5 Å². The summed E-state index contributed by atoms with van der Waals surface area (Å²) in [4.78, 5) is 3.19. The Morgan fingerprint density at radius 1 is 1.12 bits per heavy atom. The highest BCUT2D eigenvalue weighted by Crippen LogP contribution is 2.42. The van der Waals surface area contributed by atoms with Crippen LogP contribution in [0.4, 0.5) is 5.13 Å². The molecule has 0 aliphatic heterocycles. The highest BCUT2D eigenvalue weighted by Gasteiger charge is 2.32. The van der Waals surface area contributed by atoms with E-state index in [1.807, 2.05) is 6.07 Å². The molecule has 7 N–H and O–H groups in total. The zero-order valence-electron chi connectivity index (χ0n) is 16.5. The first-order valence-corrected chi connectivity index (χ1v) is 13.1. The predicted molar refractivity (Wildman–Crippen MR) is 120 cm³/mol. The number of H-pyrrole nitrogens is 1. The van der Waals surface area contributed by atoms with Crippen molar-refractivity contribution in [2.45, 2.75) is 22.8 Å². The maximum absolute atomic E-state index is 13.0. The van der Waals surface area contributed by atoms with Crippen LogP contribution >= 0.6 is 11.3 Å². The van der Waals surface area contributed by atoms with Crippen molar-refractivity contribution < 1.29 is 16.8 Å². The third kappa shape index (κ3) is 3.95. The molecule has 4 aromatic rings.